The van der Waals surface area contributed by atoms with Crippen LogP contribution in [0.5, 0.6) is 0 Å². The summed E-state index contributed by atoms with van der Waals surface area (Å²) < 4.78 is 43.8. The lowest BCUT2D eigenvalue weighted by molar-refractivity contribution is -0.174. The molecule has 0 aromatic carbocycles. The summed E-state index contributed by atoms with van der Waals surface area (Å²) in [5.41, 5.74) is 1.99. The molecule has 1 N–H and O–H groups in total. The largest absolute Gasteiger partial charge is 0.411 e. The standard InChI is InChI=1S/C21H28F3N9O/c1-4-15-17-18(33(30-15)9-10-34-12-21(22,23)24)19(27-16-5-6-25-13-26-16)29-20(28-17)32-8-7-31(3)14(2)11-32/h5-6,13-14H,4,7-12H2,1-3H3,(H,25,26,27,28,29)/t14-/m1/s1. The van der Waals surface area contributed by atoms with E-state index in [2.05, 4.69) is 44.2 Å². The van der Waals surface area contributed by atoms with Crippen molar-refractivity contribution in [2.24, 2.45) is 0 Å². The molecule has 1 aliphatic heterocycles. The number of hydrogen-bond acceptors (Lipinski definition) is 9. The van der Waals surface area contributed by atoms with Crippen LogP contribution in [-0.2, 0) is 17.7 Å². The first-order valence-corrected chi connectivity index (χ1v) is 11.1. The van der Waals surface area contributed by atoms with Crippen LogP contribution in [0.3, 0.4) is 0 Å². The Bertz CT molecular complexity index is 1110. The van der Waals surface area contributed by atoms with Gasteiger partial charge in [-0.05, 0) is 26.5 Å². The molecule has 1 aliphatic rings. The van der Waals surface area contributed by atoms with Gasteiger partial charge in [-0.2, -0.15) is 23.3 Å². The van der Waals surface area contributed by atoms with Crippen LogP contribution in [0.1, 0.15) is 19.5 Å². The normalized spacial score (nSPS) is 17.5. The van der Waals surface area contributed by atoms with Crippen molar-refractivity contribution in [3.8, 4) is 0 Å². The van der Waals surface area contributed by atoms with Crippen molar-refractivity contribution in [1.82, 2.24) is 34.6 Å². The summed E-state index contributed by atoms with van der Waals surface area (Å²) in [6.45, 7) is 5.22. The first-order valence-electron chi connectivity index (χ1n) is 11.1. The molecule has 1 atom stereocenters. The molecule has 13 heteroatoms. The molecule has 3 aromatic rings. The van der Waals surface area contributed by atoms with Crippen molar-refractivity contribution in [2.75, 3.05) is 50.1 Å². The summed E-state index contributed by atoms with van der Waals surface area (Å²) in [6.07, 6.45) is -0.742. The number of nitrogens with one attached hydrogen (secondary N) is 1. The van der Waals surface area contributed by atoms with Crippen LogP contribution in [0.2, 0.25) is 0 Å². The van der Waals surface area contributed by atoms with Crippen LogP contribution in [0.15, 0.2) is 18.6 Å². The second kappa shape index (κ2) is 10.1. The lowest BCUT2D eigenvalue weighted by atomic mass is 10.2. The highest BCUT2D eigenvalue weighted by molar-refractivity contribution is 5.90. The first-order chi connectivity index (χ1) is 16.2. The summed E-state index contributed by atoms with van der Waals surface area (Å²) in [6, 6.07) is 2.05. The van der Waals surface area contributed by atoms with Crippen molar-refractivity contribution in [3.05, 3.63) is 24.3 Å². The number of anilines is 3. The molecule has 0 aliphatic carbocycles. The topological polar surface area (TPSA) is 97.1 Å². The Hall–Kier alpha value is -3.06. The van der Waals surface area contributed by atoms with Crippen molar-refractivity contribution in [2.45, 2.75) is 39.0 Å². The molecule has 4 heterocycles. The Morgan fingerprint density at radius 2 is 2.06 bits per heavy atom. The van der Waals surface area contributed by atoms with Crippen LogP contribution in [0.4, 0.5) is 30.8 Å². The second-order valence-electron chi connectivity index (χ2n) is 8.26. The maximum Gasteiger partial charge on any atom is 0.411 e. The zero-order valence-corrected chi connectivity index (χ0v) is 19.4. The van der Waals surface area contributed by atoms with Gasteiger partial charge in [0.1, 0.15) is 29.8 Å². The van der Waals surface area contributed by atoms with Gasteiger partial charge in [0.2, 0.25) is 5.95 Å². The number of ether oxygens (including phenoxy) is 1. The lowest BCUT2D eigenvalue weighted by Crippen LogP contribution is -2.50. The van der Waals surface area contributed by atoms with Gasteiger partial charge < -0.3 is 19.9 Å². The predicted molar refractivity (Wildman–Crippen MR) is 121 cm³/mol. The van der Waals surface area contributed by atoms with Gasteiger partial charge in [0.25, 0.3) is 0 Å². The Kier molecular flexibility index (Phi) is 7.12. The summed E-state index contributed by atoms with van der Waals surface area (Å²) >= 11 is 0. The summed E-state index contributed by atoms with van der Waals surface area (Å²) in [5, 5.41) is 7.83. The highest BCUT2D eigenvalue weighted by atomic mass is 19.4. The van der Waals surface area contributed by atoms with E-state index >= 15 is 0 Å². The van der Waals surface area contributed by atoms with Gasteiger partial charge in [-0.3, -0.25) is 4.68 Å². The Balaban J connectivity index is 1.72. The van der Waals surface area contributed by atoms with Gasteiger partial charge in [-0.1, -0.05) is 6.92 Å². The van der Waals surface area contributed by atoms with Gasteiger partial charge in [-0.15, -0.1) is 0 Å². The molecule has 1 saturated heterocycles. The number of piperazine rings is 1. The SMILES string of the molecule is CCc1nn(CCOCC(F)(F)F)c2c(Nc3ccncn3)nc(N3CCN(C)[C@H](C)C3)nc12. The minimum absolute atomic E-state index is 0.124. The molecule has 0 bridgehead atoms. The van der Waals surface area contributed by atoms with Gasteiger partial charge in [0, 0.05) is 31.9 Å². The van der Waals surface area contributed by atoms with E-state index in [0.29, 0.717) is 41.1 Å². The molecule has 4 rings (SSSR count). The third-order valence-electron chi connectivity index (χ3n) is 5.76. The molecular formula is C21H28F3N9O. The number of hydrogen-bond donors (Lipinski definition) is 1. The van der Waals surface area contributed by atoms with Crippen molar-refractivity contribution >= 4 is 28.6 Å². The van der Waals surface area contributed by atoms with E-state index in [1.807, 2.05) is 6.92 Å². The van der Waals surface area contributed by atoms with E-state index in [9.17, 15) is 13.2 Å². The Morgan fingerprint density at radius 1 is 1.24 bits per heavy atom. The molecule has 0 amide bonds. The maximum absolute atomic E-state index is 12.5. The van der Waals surface area contributed by atoms with Crippen molar-refractivity contribution in [3.63, 3.8) is 0 Å². The van der Waals surface area contributed by atoms with E-state index < -0.39 is 12.8 Å². The van der Waals surface area contributed by atoms with Crippen molar-refractivity contribution < 1.29 is 17.9 Å². The number of nitrogens with zero attached hydrogens (tertiary/aromatic N) is 8. The molecule has 0 saturated carbocycles. The third-order valence-corrected chi connectivity index (χ3v) is 5.76. The minimum atomic E-state index is -4.38. The van der Waals surface area contributed by atoms with Crippen molar-refractivity contribution in [1.29, 1.82) is 0 Å². The molecular weight excluding hydrogens is 451 g/mol. The fourth-order valence-electron chi connectivity index (χ4n) is 3.82. The Labute approximate surface area is 195 Å². The molecule has 0 spiro atoms. The number of fused-ring (bicyclic) bond motifs is 1. The number of alkyl halides is 3. The van der Waals surface area contributed by atoms with Crippen LogP contribution >= 0.6 is 0 Å². The average Bonchev–Trinajstić information content (AvgIpc) is 3.16. The summed E-state index contributed by atoms with van der Waals surface area (Å²) in [7, 11) is 2.09. The average molecular weight is 480 g/mol. The maximum atomic E-state index is 12.5. The molecule has 1 fully saturated rings. The van der Waals surface area contributed by atoms with Crippen LogP contribution in [0, 0.1) is 0 Å². The van der Waals surface area contributed by atoms with Crippen LogP contribution in [0.25, 0.3) is 11.0 Å². The molecule has 34 heavy (non-hydrogen) atoms. The van der Waals surface area contributed by atoms with E-state index in [-0.39, 0.29) is 13.2 Å². The fourth-order valence-corrected chi connectivity index (χ4v) is 3.82. The zero-order chi connectivity index (χ0) is 24.3. The van der Waals surface area contributed by atoms with Gasteiger partial charge in [-0.25, -0.2) is 15.0 Å². The van der Waals surface area contributed by atoms with E-state index in [0.717, 1.165) is 25.3 Å². The number of aromatic nitrogens is 6. The summed E-state index contributed by atoms with van der Waals surface area (Å²) in [5.74, 6) is 1.59. The molecule has 184 valence electrons. The molecule has 0 radical (unpaired) electrons. The quantitative estimate of drug-likeness (QED) is 0.489. The molecule has 3 aromatic heterocycles. The number of halogens is 3. The minimum Gasteiger partial charge on any atom is -0.370 e. The lowest BCUT2D eigenvalue weighted by Gasteiger charge is -2.37. The number of aryl methyl sites for hydroxylation is 1. The van der Waals surface area contributed by atoms with Gasteiger partial charge in [0.15, 0.2) is 5.82 Å². The third kappa shape index (κ3) is 5.53. The molecule has 10 nitrogen and oxygen atoms in total. The second-order valence-corrected chi connectivity index (χ2v) is 8.26. The smallest absolute Gasteiger partial charge is 0.370 e. The fraction of sp³-hybridized carbons (Fsp3) is 0.571. The molecule has 0 unspecified atom stereocenters. The van der Waals surface area contributed by atoms with E-state index in [1.165, 1.54) is 6.33 Å². The monoisotopic (exact) mass is 479 g/mol. The van der Waals surface area contributed by atoms with Crippen LogP contribution in [-0.4, -0.2) is 86.7 Å². The zero-order valence-electron chi connectivity index (χ0n) is 19.4. The summed E-state index contributed by atoms with van der Waals surface area (Å²) in [4.78, 5) is 22.2. The van der Waals surface area contributed by atoms with E-state index in [4.69, 9.17) is 14.7 Å². The van der Waals surface area contributed by atoms with Crippen LogP contribution < -0.4 is 10.2 Å². The first kappa shape index (κ1) is 24.1. The van der Waals surface area contributed by atoms with Gasteiger partial charge in [0.05, 0.1) is 18.8 Å². The highest BCUT2D eigenvalue weighted by Gasteiger charge is 2.28. The van der Waals surface area contributed by atoms with E-state index in [1.54, 1.807) is 16.9 Å². The number of likely N-dealkylation sites (N-methyl/N-ethyl adjacent to an activating group) is 1. The Morgan fingerprint density at radius 3 is 2.74 bits per heavy atom. The highest BCUT2D eigenvalue weighted by Crippen LogP contribution is 2.29. The van der Waals surface area contributed by atoms with Gasteiger partial charge >= 0.3 is 6.18 Å². The number of rotatable bonds is 8. The predicted octanol–water partition coefficient (Wildman–Crippen LogP) is 2.64.